The van der Waals surface area contributed by atoms with Crippen LogP contribution in [0.5, 0.6) is 0 Å². The average Bonchev–Trinajstić information content (AvgIpc) is 2.48. The van der Waals surface area contributed by atoms with Crippen LogP contribution in [0.1, 0.15) is 57.4 Å². The van der Waals surface area contributed by atoms with Crippen molar-refractivity contribution in [1.29, 1.82) is 0 Å². The number of hydrogen-bond acceptors (Lipinski definition) is 3. The molecule has 23 heavy (non-hydrogen) atoms. The summed E-state index contributed by atoms with van der Waals surface area (Å²) in [6, 6.07) is 4.93. The highest BCUT2D eigenvalue weighted by Crippen LogP contribution is 2.19. The Morgan fingerprint density at radius 3 is 2.39 bits per heavy atom. The molecule has 0 bridgehead atoms. The molecule has 1 aromatic carbocycles. The van der Waals surface area contributed by atoms with Crippen molar-refractivity contribution in [3.8, 4) is 0 Å². The third-order valence-electron chi connectivity index (χ3n) is 3.37. The summed E-state index contributed by atoms with van der Waals surface area (Å²) in [4.78, 5) is 2.21. The number of hydrogen-bond donors (Lipinski definition) is 1. The maximum atomic E-state index is 11.8. The number of unbranched alkanes of at least 4 members (excludes halogenated alkanes) is 6. The number of nitrogens with zero attached hydrogens (tertiary/aromatic N) is 1. The maximum Gasteiger partial charge on any atom is 0.247 e. The average molecular weight is 379 g/mol. The molecule has 7 heteroatoms. The molecule has 0 unspecified atom stereocenters. The van der Waals surface area contributed by atoms with Crippen molar-refractivity contribution in [3.63, 3.8) is 0 Å². The third-order valence-corrected chi connectivity index (χ3v) is 5.15. The molecule has 0 fully saturated rings. The topological polar surface area (TPSA) is 58.5 Å². The second-order valence-electron chi connectivity index (χ2n) is 5.46. The Labute approximate surface area is 149 Å². The van der Waals surface area contributed by atoms with Gasteiger partial charge in [-0.3, -0.25) is 0 Å². The van der Waals surface area contributed by atoms with E-state index < -0.39 is 10.0 Å². The van der Waals surface area contributed by atoms with Crippen LogP contribution >= 0.6 is 23.2 Å². The van der Waals surface area contributed by atoms with Gasteiger partial charge in [0.05, 0.1) is 17.0 Å². The quantitative estimate of drug-likeness (QED) is 0.334. The van der Waals surface area contributed by atoms with E-state index >= 15 is 0 Å². The summed E-state index contributed by atoms with van der Waals surface area (Å²) in [5.41, 5.74) is 0.606. The number of rotatable bonds is 11. The summed E-state index contributed by atoms with van der Waals surface area (Å²) >= 11 is 11.8. The van der Waals surface area contributed by atoms with Crippen molar-refractivity contribution in [3.05, 3.63) is 33.8 Å². The third kappa shape index (κ3) is 9.18. The van der Waals surface area contributed by atoms with E-state index in [1.165, 1.54) is 31.9 Å². The summed E-state index contributed by atoms with van der Waals surface area (Å²) in [6.07, 6.45) is 8.91. The molecule has 1 N–H and O–H groups in total. The Kier molecular flexibility index (Phi) is 9.60. The molecule has 4 nitrogen and oxygen atoms in total. The molecule has 0 spiro atoms. The summed E-state index contributed by atoms with van der Waals surface area (Å²) in [7, 11) is -3.39. The molecule has 1 rings (SSSR count). The van der Waals surface area contributed by atoms with Gasteiger partial charge in [-0.1, -0.05) is 74.7 Å². The molecule has 0 radical (unpaired) electrons. The van der Waals surface area contributed by atoms with Crippen LogP contribution in [0.25, 0.3) is 0 Å². The predicted octanol–water partition coefficient (Wildman–Crippen LogP) is 5.00. The van der Waals surface area contributed by atoms with Gasteiger partial charge in [0, 0.05) is 10.6 Å². The molecular formula is C16H24Cl2N2O2S. The number of sulfonamides is 1. The maximum absolute atomic E-state index is 11.8. The van der Waals surface area contributed by atoms with Gasteiger partial charge < -0.3 is 0 Å². The van der Waals surface area contributed by atoms with Gasteiger partial charge in [-0.05, 0) is 18.6 Å². The van der Waals surface area contributed by atoms with Gasteiger partial charge in [-0.25, -0.2) is 13.2 Å². The Morgan fingerprint density at radius 2 is 1.74 bits per heavy atom. The first-order chi connectivity index (χ1) is 10.9. The predicted molar refractivity (Wildman–Crippen MR) is 99.0 cm³/mol. The minimum absolute atomic E-state index is 0.0897. The van der Waals surface area contributed by atoms with Crippen LogP contribution in [0, 0.1) is 0 Å². The van der Waals surface area contributed by atoms with Gasteiger partial charge in [0.2, 0.25) is 10.0 Å². The fraction of sp³-hybridized carbons (Fsp3) is 0.562. The Morgan fingerprint density at radius 1 is 1.09 bits per heavy atom. The number of benzene rings is 1. The van der Waals surface area contributed by atoms with Crippen LogP contribution in [0.4, 0.5) is 0 Å². The highest BCUT2D eigenvalue weighted by Gasteiger charge is 2.07. The van der Waals surface area contributed by atoms with Crippen molar-refractivity contribution in [2.45, 2.75) is 51.9 Å². The summed E-state index contributed by atoms with van der Waals surface area (Å²) < 4.78 is 23.6. The molecule has 0 amide bonds. The molecule has 0 saturated heterocycles. The lowest BCUT2D eigenvalue weighted by molar-refractivity contribution is 0.570. The molecule has 0 aromatic heterocycles. The van der Waals surface area contributed by atoms with E-state index in [1.54, 1.807) is 18.2 Å². The van der Waals surface area contributed by atoms with E-state index in [9.17, 15) is 8.42 Å². The highest BCUT2D eigenvalue weighted by molar-refractivity contribution is 7.89. The first-order valence-corrected chi connectivity index (χ1v) is 10.3. The summed E-state index contributed by atoms with van der Waals surface area (Å²) in [5, 5.41) is 4.70. The zero-order valence-corrected chi connectivity index (χ0v) is 15.7. The van der Waals surface area contributed by atoms with Crippen molar-refractivity contribution < 1.29 is 8.42 Å². The number of nitrogens with one attached hydrogen (secondary N) is 1. The van der Waals surface area contributed by atoms with Gasteiger partial charge in [0.15, 0.2) is 0 Å². The summed E-state index contributed by atoms with van der Waals surface area (Å²) in [6.45, 7) is 2.18. The van der Waals surface area contributed by atoms with Crippen LogP contribution in [0.3, 0.4) is 0 Å². The molecule has 0 saturated carbocycles. The highest BCUT2D eigenvalue weighted by atomic mass is 35.5. The Bertz CT molecular complexity index is 604. The minimum Gasteiger partial charge on any atom is -0.205 e. The van der Waals surface area contributed by atoms with Crippen LogP contribution < -0.4 is 4.83 Å². The molecule has 0 aliphatic rings. The van der Waals surface area contributed by atoms with E-state index in [2.05, 4.69) is 16.9 Å². The lowest BCUT2D eigenvalue weighted by Gasteiger charge is -2.04. The standard InChI is InChI=1S/C16H24Cl2N2O2S/c1-2-3-4-5-6-7-8-11-23(21,22)20-19-13-14-9-10-15(17)12-16(14)18/h9-10,12-13,20H,2-8,11H2,1H3. The Hall–Kier alpha value is -0.780. The molecule has 0 heterocycles. The number of halogens is 2. The van der Waals surface area contributed by atoms with E-state index in [0.717, 1.165) is 12.8 Å². The second-order valence-corrected chi connectivity index (χ2v) is 8.12. The van der Waals surface area contributed by atoms with Crippen LogP contribution in [-0.4, -0.2) is 20.4 Å². The van der Waals surface area contributed by atoms with Gasteiger partial charge in [-0.15, -0.1) is 0 Å². The van der Waals surface area contributed by atoms with Crippen molar-refractivity contribution in [2.24, 2.45) is 5.10 Å². The SMILES string of the molecule is CCCCCCCCCS(=O)(=O)NN=Cc1ccc(Cl)cc1Cl. The first-order valence-electron chi connectivity index (χ1n) is 7.92. The van der Waals surface area contributed by atoms with Gasteiger partial charge in [-0.2, -0.15) is 5.10 Å². The van der Waals surface area contributed by atoms with E-state index in [1.807, 2.05) is 0 Å². The lowest BCUT2D eigenvalue weighted by atomic mass is 10.1. The monoisotopic (exact) mass is 378 g/mol. The van der Waals surface area contributed by atoms with Crippen LogP contribution in [0.2, 0.25) is 10.0 Å². The first kappa shape index (κ1) is 20.3. The van der Waals surface area contributed by atoms with Gasteiger partial charge in [0.25, 0.3) is 0 Å². The van der Waals surface area contributed by atoms with E-state index in [-0.39, 0.29) is 5.75 Å². The fourth-order valence-corrected chi connectivity index (χ4v) is 3.42. The van der Waals surface area contributed by atoms with E-state index in [4.69, 9.17) is 23.2 Å². The smallest absolute Gasteiger partial charge is 0.205 e. The van der Waals surface area contributed by atoms with E-state index in [0.29, 0.717) is 22.0 Å². The van der Waals surface area contributed by atoms with Crippen LogP contribution in [0.15, 0.2) is 23.3 Å². The molecular weight excluding hydrogens is 355 g/mol. The molecule has 0 atom stereocenters. The number of hydrazone groups is 1. The molecule has 0 aliphatic carbocycles. The zero-order valence-electron chi connectivity index (χ0n) is 13.4. The summed E-state index contributed by atoms with van der Waals surface area (Å²) in [5.74, 6) is 0.0897. The fourth-order valence-electron chi connectivity index (χ4n) is 2.08. The zero-order chi connectivity index (χ0) is 17.1. The minimum atomic E-state index is -3.39. The normalized spacial score (nSPS) is 12.0. The lowest BCUT2D eigenvalue weighted by Crippen LogP contribution is -2.21. The van der Waals surface area contributed by atoms with Crippen molar-refractivity contribution >= 4 is 39.4 Å². The van der Waals surface area contributed by atoms with Gasteiger partial charge in [0.1, 0.15) is 0 Å². The molecule has 130 valence electrons. The van der Waals surface area contributed by atoms with Crippen molar-refractivity contribution in [1.82, 2.24) is 4.83 Å². The van der Waals surface area contributed by atoms with Gasteiger partial charge >= 0.3 is 0 Å². The molecule has 0 aliphatic heterocycles. The van der Waals surface area contributed by atoms with Crippen molar-refractivity contribution in [2.75, 3.05) is 5.75 Å². The van der Waals surface area contributed by atoms with Crippen LogP contribution in [-0.2, 0) is 10.0 Å². The second kappa shape index (κ2) is 10.9. The Balaban J connectivity index is 2.30. The molecule has 1 aromatic rings. The largest absolute Gasteiger partial charge is 0.247 e.